The minimum Gasteiger partial charge on any atom is -0.482 e. The predicted molar refractivity (Wildman–Crippen MR) is 92.9 cm³/mol. The minimum absolute atomic E-state index is 0.109. The van der Waals surface area contributed by atoms with E-state index in [-0.39, 0.29) is 17.2 Å². The van der Waals surface area contributed by atoms with Gasteiger partial charge in [-0.3, -0.25) is 0 Å². The van der Waals surface area contributed by atoms with Gasteiger partial charge in [0.25, 0.3) is 0 Å². The van der Waals surface area contributed by atoms with Gasteiger partial charge in [-0.15, -0.1) is 0 Å². The van der Waals surface area contributed by atoms with Crippen LogP contribution in [-0.2, 0) is 9.59 Å². The second-order valence-electron chi connectivity index (χ2n) is 5.61. The summed E-state index contributed by atoms with van der Waals surface area (Å²) in [6.07, 6.45) is 0.234. The molecule has 0 fully saturated rings. The first-order valence-corrected chi connectivity index (χ1v) is 7.93. The van der Waals surface area contributed by atoms with Gasteiger partial charge in [0.05, 0.1) is 5.56 Å². The van der Waals surface area contributed by atoms with Crippen LogP contribution in [-0.4, -0.2) is 46.8 Å². The Hall–Kier alpha value is -3.52. The molecule has 1 aliphatic rings. The summed E-state index contributed by atoms with van der Waals surface area (Å²) in [5.41, 5.74) is 1.80. The van der Waals surface area contributed by atoms with Gasteiger partial charge >= 0.3 is 11.9 Å². The van der Waals surface area contributed by atoms with E-state index in [1.165, 1.54) is 18.2 Å². The summed E-state index contributed by atoms with van der Waals surface area (Å²) in [5.74, 6) is -1.92. The Kier molecular flexibility index (Phi) is 5.28. The Labute approximate surface area is 153 Å². The van der Waals surface area contributed by atoms with Crippen LogP contribution >= 0.6 is 0 Å². The van der Waals surface area contributed by atoms with Crippen molar-refractivity contribution in [2.75, 3.05) is 13.2 Å². The van der Waals surface area contributed by atoms with Gasteiger partial charge in [0.2, 0.25) is 6.29 Å². The number of benzene rings is 2. The highest BCUT2D eigenvalue weighted by Crippen LogP contribution is 2.44. The molecule has 8 nitrogen and oxygen atoms in total. The maximum absolute atomic E-state index is 10.9. The Morgan fingerprint density at radius 1 is 1.00 bits per heavy atom. The number of hydrogen-bond acceptors (Lipinski definition) is 6. The van der Waals surface area contributed by atoms with Gasteiger partial charge in [-0.25, -0.2) is 9.59 Å². The molecule has 0 aromatic heterocycles. The third-order valence-electron chi connectivity index (χ3n) is 3.66. The average Bonchev–Trinajstić information content (AvgIpc) is 2.64. The maximum Gasteiger partial charge on any atom is 0.341 e. The van der Waals surface area contributed by atoms with E-state index in [2.05, 4.69) is 0 Å². The van der Waals surface area contributed by atoms with Crippen molar-refractivity contribution in [3.8, 4) is 17.2 Å². The number of fused-ring (bicyclic) bond motifs is 1. The summed E-state index contributed by atoms with van der Waals surface area (Å²) < 4.78 is 15.9. The molecule has 140 valence electrons. The molecular formula is C19H16O8. The summed E-state index contributed by atoms with van der Waals surface area (Å²) in [4.78, 5) is 21.7. The molecule has 0 bridgehead atoms. The highest BCUT2D eigenvalue weighted by atomic mass is 16.6. The van der Waals surface area contributed by atoms with E-state index < -0.39 is 31.4 Å². The monoisotopic (exact) mass is 372 g/mol. The number of ether oxygens (including phenoxy) is 3. The maximum atomic E-state index is 10.9. The molecule has 0 saturated carbocycles. The fraction of sp³-hybridized carbons (Fsp3) is 0.158. The van der Waals surface area contributed by atoms with Crippen molar-refractivity contribution in [1.82, 2.24) is 0 Å². The quantitative estimate of drug-likeness (QED) is 0.672. The molecule has 3 N–H and O–H groups in total. The van der Waals surface area contributed by atoms with Crippen molar-refractivity contribution in [1.29, 1.82) is 0 Å². The van der Waals surface area contributed by atoms with Crippen LogP contribution in [0.1, 0.15) is 11.1 Å². The van der Waals surface area contributed by atoms with E-state index in [1.807, 2.05) is 30.3 Å². The number of carbonyl (C=O) groups is 2. The first-order valence-electron chi connectivity index (χ1n) is 7.93. The molecule has 1 atom stereocenters. The number of carboxylic acid groups (broad SMARTS) is 2. The van der Waals surface area contributed by atoms with Crippen molar-refractivity contribution < 1.29 is 39.1 Å². The van der Waals surface area contributed by atoms with Crippen molar-refractivity contribution >= 4 is 17.5 Å². The Balaban J connectivity index is 2.09. The van der Waals surface area contributed by atoms with Crippen LogP contribution in [0.2, 0.25) is 0 Å². The summed E-state index contributed by atoms with van der Waals surface area (Å²) in [5, 5.41) is 27.7. The largest absolute Gasteiger partial charge is 0.482 e. The van der Waals surface area contributed by atoms with E-state index in [1.54, 1.807) is 0 Å². The standard InChI is InChI=1S/C19H16O8/c20-16(21)9-25-12-6-14(26-10-17(22)23)19-13(11-4-2-1-3-5-11)8-18(24)27-15(19)7-12/h1-8,18,24H,9-10H2,(H,20,21)(H,22,23). The van der Waals surface area contributed by atoms with Gasteiger partial charge in [0.1, 0.15) is 17.2 Å². The zero-order valence-electron chi connectivity index (χ0n) is 14.0. The van der Waals surface area contributed by atoms with Crippen molar-refractivity contribution in [2.45, 2.75) is 6.29 Å². The molecule has 27 heavy (non-hydrogen) atoms. The number of aliphatic carboxylic acids is 2. The minimum atomic E-state index is -1.24. The molecule has 1 heterocycles. The second kappa shape index (κ2) is 7.79. The number of aliphatic hydroxyl groups excluding tert-OH is 1. The van der Waals surface area contributed by atoms with Gasteiger partial charge in [0, 0.05) is 12.1 Å². The zero-order chi connectivity index (χ0) is 19.4. The number of carboxylic acids is 2. The van der Waals surface area contributed by atoms with Crippen LogP contribution in [0.3, 0.4) is 0 Å². The van der Waals surface area contributed by atoms with Gasteiger partial charge in [-0.1, -0.05) is 30.3 Å². The molecule has 0 radical (unpaired) electrons. The van der Waals surface area contributed by atoms with Gasteiger partial charge in [-0.2, -0.15) is 0 Å². The molecule has 2 aromatic rings. The van der Waals surface area contributed by atoms with Crippen molar-refractivity contribution in [2.24, 2.45) is 0 Å². The SMILES string of the molecule is O=C(O)COc1cc(OCC(=O)O)c2c(c1)OC(O)C=C2c1ccccc1. The molecule has 0 spiro atoms. The van der Waals surface area contributed by atoms with Crippen LogP contribution < -0.4 is 14.2 Å². The third kappa shape index (κ3) is 4.36. The summed E-state index contributed by atoms with van der Waals surface area (Å²) in [6, 6.07) is 11.9. The van der Waals surface area contributed by atoms with Crippen LogP contribution in [0.4, 0.5) is 0 Å². The lowest BCUT2D eigenvalue weighted by atomic mass is 9.94. The fourth-order valence-electron chi connectivity index (χ4n) is 2.65. The highest BCUT2D eigenvalue weighted by Gasteiger charge is 2.26. The molecule has 0 saturated heterocycles. The lowest BCUT2D eigenvalue weighted by molar-refractivity contribution is -0.140. The van der Waals surface area contributed by atoms with Crippen molar-refractivity contribution in [3.63, 3.8) is 0 Å². The molecular weight excluding hydrogens is 356 g/mol. The normalized spacial score (nSPS) is 15.1. The lowest BCUT2D eigenvalue weighted by Gasteiger charge is -2.25. The van der Waals surface area contributed by atoms with Gasteiger partial charge < -0.3 is 29.5 Å². The van der Waals surface area contributed by atoms with E-state index in [0.717, 1.165) is 5.56 Å². The molecule has 2 aromatic carbocycles. The first-order chi connectivity index (χ1) is 12.9. The molecule has 0 amide bonds. The van der Waals surface area contributed by atoms with E-state index in [0.29, 0.717) is 11.1 Å². The Morgan fingerprint density at radius 2 is 1.67 bits per heavy atom. The fourth-order valence-corrected chi connectivity index (χ4v) is 2.65. The summed E-state index contributed by atoms with van der Waals surface area (Å²) >= 11 is 0. The van der Waals surface area contributed by atoms with Gasteiger partial charge in [0.15, 0.2) is 13.2 Å². The van der Waals surface area contributed by atoms with Crippen LogP contribution in [0.5, 0.6) is 17.2 Å². The van der Waals surface area contributed by atoms with E-state index in [4.69, 9.17) is 24.4 Å². The first kappa shape index (κ1) is 18.3. The van der Waals surface area contributed by atoms with Crippen LogP contribution in [0.25, 0.3) is 5.57 Å². The summed E-state index contributed by atoms with van der Waals surface area (Å²) in [6.45, 7) is -1.21. The highest BCUT2D eigenvalue weighted by molar-refractivity contribution is 5.88. The van der Waals surface area contributed by atoms with Crippen molar-refractivity contribution in [3.05, 3.63) is 59.7 Å². The second-order valence-corrected chi connectivity index (χ2v) is 5.61. The molecule has 1 unspecified atom stereocenters. The summed E-state index contributed by atoms with van der Waals surface area (Å²) in [7, 11) is 0. The predicted octanol–water partition coefficient (Wildman–Crippen LogP) is 1.76. The lowest BCUT2D eigenvalue weighted by Crippen LogP contribution is -2.20. The van der Waals surface area contributed by atoms with E-state index in [9.17, 15) is 14.7 Å². The van der Waals surface area contributed by atoms with Gasteiger partial charge in [-0.05, 0) is 17.2 Å². The zero-order valence-corrected chi connectivity index (χ0v) is 14.0. The number of aliphatic hydroxyl groups is 1. The third-order valence-corrected chi connectivity index (χ3v) is 3.66. The molecule has 8 heteroatoms. The topological polar surface area (TPSA) is 123 Å². The smallest absolute Gasteiger partial charge is 0.341 e. The molecule has 0 aliphatic carbocycles. The Bertz CT molecular complexity index is 888. The van der Waals surface area contributed by atoms with E-state index >= 15 is 0 Å². The van der Waals surface area contributed by atoms with Crippen LogP contribution in [0, 0.1) is 0 Å². The number of rotatable bonds is 7. The molecule has 3 rings (SSSR count). The molecule has 1 aliphatic heterocycles. The average molecular weight is 372 g/mol. The Morgan fingerprint density at radius 3 is 2.33 bits per heavy atom. The number of hydrogen-bond donors (Lipinski definition) is 3. The van der Waals surface area contributed by atoms with Crippen LogP contribution in [0.15, 0.2) is 48.5 Å².